The highest BCUT2D eigenvalue weighted by molar-refractivity contribution is 7.92. The van der Waals surface area contributed by atoms with Crippen molar-refractivity contribution in [1.29, 1.82) is 5.26 Å². The molecule has 0 saturated heterocycles. The molecule has 6 aromatic rings. The number of nitrogens with zero attached hydrogens (tertiary/aromatic N) is 5. The van der Waals surface area contributed by atoms with Crippen LogP contribution in [0.5, 0.6) is 0 Å². The van der Waals surface area contributed by atoms with Gasteiger partial charge in [-0.1, -0.05) is 36.4 Å². The van der Waals surface area contributed by atoms with Gasteiger partial charge in [-0.05, 0) is 71.6 Å². The standard InChI is InChI=1S/C34H28N6O3S2/c35-20-25-9-11-26(12-10-25)22-39-24-36-21-30(39)23-40(45(42,43)31-7-2-1-3-8-31)29-13-14-32-27(18-29)19-33(44-32)34(41)38-17-15-28-6-4-5-16-37-28/h1-14,16,18-19,21,24H,15,17,22-23H2,(H,38,41). The molecular formula is C34H28N6O3S2. The van der Waals surface area contributed by atoms with Crippen molar-refractivity contribution in [3.05, 3.63) is 143 Å². The Morgan fingerprint density at radius 3 is 2.53 bits per heavy atom. The fourth-order valence-electron chi connectivity index (χ4n) is 4.92. The second-order valence-corrected chi connectivity index (χ2v) is 13.3. The molecule has 3 aromatic heterocycles. The molecular weight excluding hydrogens is 605 g/mol. The van der Waals surface area contributed by atoms with Gasteiger partial charge >= 0.3 is 0 Å². The Kier molecular flexibility index (Phi) is 8.68. The fourth-order valence-corrected chi connectivity index (χ4v) is 7.33. The van der Waals surface area contributed by atoms with E-state index in [-0.39, 0.29) is 17.3 Å². The van der Waals surface area contributed by atoms with E-state index < -0.39 is 10.0 Å². The second-order valence-electron chi connectivity index (χ2n) is 10.3. The van der Waals surface area contributed by atoms with Crippen molar-refractivity contribution in [3.8, 4) is 6.07 Å². The Morgan fingerprint density at radius 2 is 1.78 bits per heavy atom. The van der Waals surface area contributed by atoms with E-state index in [1.807, 2.05) is 41.0 Å². The molecule has 0 fully saturated rings. The van der Waals surface area contributed by atoms with Crippen LogP contribution in [0.3, 0.4) is 0 Å². The van der Waals surface area contributed by atoms with Crippen LogP contribution < -0.4 is 9.62 Å². The van der Waals surface area contributed by atoms with Crippen LogP contribution in [0.1, 0.15) is 32.2 Å². The molecule has 0 unspecified atom stereocenters. The first-order chi connectivity index (χ1) is 21.9. The van der Waals surface area contributed by atoms with E-state index in [0.29, 0.717) is 41.3 Å². The highest BCUT2D eigenvalue weighted by Gasteiger charge is 2.27. The van der Waals surface area contributed by atoms with Gasteiger partial charge in [0.1, 0.15) is 0 Å². The molecule has 6 rings (SSSR count). The zero-order valence-electron chi connectivity index (χ0n) is 24.1. The Balaban J connectivity index is 1.28. The summed E-state index contributed by atoms with van der Waals surface area (Å²) in [5.74, 6) is -0.186. The number of imidazole rings is 1. The van der Waals surface area contributed by atoms with Gasteiger partial charge in [0.2, 0.25) is 0 Å². The van der Waals surface area contributed by atoms with Gasteiger partial charge < -0.3 is 9.88 Å². The number of rotatable bonds is 11. The summed E-state index contributed by atoms with van der Waals surface area (Å²) in [4.78, 5) is 22.3. The number of fused-ring (bicyclic) bond motifs is 1. The largest absolute Gasteiger partial charge is 0.351 e. The summed E-state index contributed by atoms with van der Waals surface area (Å²) < 4.78 is 32.3. The van der Waals surface area contributed by atoms with Gasteiger partial charge in [-0.25, -0.2) is 13.4 Å². The molecule has 11 heteroatoms. The van der Waals surface area contributed by atoms with Crippen molar-refractivity contribution in [2.75, 3.05) is 10.8 Å². The van der Waals surface area contributed by atoms with Crippen LogP contribution in [0.4, 0.5) is 5.69 Å². The highest BCUT2D eigenvalue weighted by Crippen LogP contribution is 2.33. The maximum Gasteiger partial charge on any atom is 0.264 e. The summed E-state index contributed by atoms with van der Waals surface area (Å²) in [7, 11) is -3.97. The molecule has 0 atom stereocenters. The molecule has 0 aliphatic carbocycles. The fraction of sp³-hybridized carbons (Fsp3) is 0.118. The summed E-state index contributed by atoms with van der Waals surface area (Å²) in [6.07, 6.45) is 5.68. The van der Waals surface area contributed by atoms with Gasteiger partial charge in [0.15, 0.2) is 0 Å². The van der Waals surface area contributed by atoms with Crippen LogP contribution in [-0.4, -0.2) is 35.4 Å². The highest BCUT2D eigenvalue weighted by atomic mass is 32.2. The quantitative estimate of drug-likeness (QED) is 0.193. The number of anilines is 1. The number of carbonyl (C=O) groups excluding carboxylic acids is 1. The SMILES string of the molecule is N#Cc1ccc(Cn2cncc2CN(c2ccc3sc(C(=O)NCCc4ccccn4)cc3c2)S(=O)(=O)c2ccccc2)cc1. The number of carbonyl (C=O) groups is 1. The van der Waals surface area contributed by atoms with Gasteiger partial charge in [0.05, 0.1) is 45.7 Å². The average molecular weight is 633 g/mol. The maximum atomic E-state index is 14.1. The van der Waals surface area contributed by atoms with E-state index in [9.17, 15) is 13.2 Å². The molecule has 3 heterocycles. The molecule has 224 valence electrons. The van der Waals surface area contributed by atoms with Crippen LogP contribution in [0.25, 0.3) is 10.1 Å². The molecule has 45 heavy (non-hydrogen) atoms. The van der Waals surface area contributed by atoms with Crippen LogP contribution in [0.2, 0.25) is 0 Å². The van der Waals surface area contributed by atoms with E-state index in [2.05, 4.69) is 21.4 Å². The minimum Gasteiger partial charge on any atom is -0.351 e. The summed E-state index contributed by atoms with van der Waals surface area (Å²) in [5, 5.41) is 12.8. The monoisotopic (exact) mass is 632 g/mol. The van der Waals surface area contributed by atoms with Crippen LogP contribution >= 0.6 is 11.3 Å². The van der Waals surface area contributed by atoms with Crippen molar-refractivity contribution in [2.45, 2.75) is 24.4 Å². The lowest BCUT2D eigenvalue weighted by Crippen LogP contribution is -2.31. The van der Waals surface area contributed by atoms with Gasteiger partial charge in [0, 0.05) is 42.3 Å². The molecule has 0 radical (unpaired) electrons. The van der Waals surface area contributed by atoms with E-state index in [0.717, 1.165) is 21.3 Å². The van der Waals surface area contributed by atoms with Crippen molar-refractivity contribution in [2.24, 2.45) is 0 Å². The molecule has 0 saturated carbocycles. The van der Waals surface area contributed by atoms with E-state index in [4.69, 9.17) is 5.26 Å². The number of hydrogen-bond acceptors (Lipinski definition) is 7. The Labute approximate surface area is 265 Å². The lowest BCUT2D eigenvalue weighted by Gasteiger charge is -2.25. The Morgan fingerprint density at radius 1 is 0.978 bits per heavy atom. The molecule has 1 amide bonds. The third-order valence-corrected chi connectivity index (χ3v) is 10.2. The molecule has 0 aliphatic rings. The smallest absolute Gasteiger partial charge is 0.264 e. The number of hydrogen-bond donors (Lipinski definition) is 1. The predicted molar refractivity (Wildman–Crippen MR) is 174 cm³/mol. The summed E-state index contributed by atoms with van der Waals surface area (Å²) in [6, 6.07) is 30.6. The lowest BCUT2D eigenvalue weighted by molar-refractivity contribution is 0.0958. The molecule has 0 aliphatic heterocycles. The first-order valence-electron chi connectivity index (χ1n) is 14.2. The minimum atomic E-state index is -3.97. The normalized spacial score (nSPS) is 11.3. The second kappa shape index (κ2) is 13.1. The summed E-state index contributed by atoms with van der Waals surface area (Å²) >= 11 is 1.36. The van der Waals surface area contributed by atoms with Crippen molar-refractivity contribution in [1.82, 2.24) is 19.9 Å². The first kappa shape index (κ1) is 29.7. The number of thiophene rings is 1. The summed E-state index contributed by atoms with van der Waals surface area (Å²) in [6.45, 7) is 0.946. The molecule has 3 aromatic carbocycles. The number of pyridine rings is 1. The molecule has 0 bridgehead atoms. The number of nitriles is 1. The van der Waals surface area contributed by atoms with E-state index >= 15 is 0 Å². The van der Waals surface area contributed by atoms with Crippen LogP contribution in [-0.2, 0) is 29.5 Å². The number of sulfonamides is 1. The Hall–Kier alpha value is -5.31. The van der Waals surface area contributed by atoms with Crippen molar-refractivity contribution in [3.63, 3.8) is 0 Å². The number of amides is 1. The minimum absolute atomic E-state index is 0.0318. The molecule has 9 nitrogen and oxygen atoms in total. The van der Waals surface area contributed by atoms with Crippen molar-refractivity contribution < 1.29 is 13.2 Å². The third kappa shape index (κ3) is 6.77. The van der Waals surface area contributed by atoms with Gasteiger partial charge in [-0.3, -0.25) is 14.1 Å². The number of benzene rings is 3. The van der Waals surface area contributed by atoms with Crippen LogP contribution in [0.15, 0.2) is 121 Å². The number of nitrogens with one attached hydrogen (secondary N) is 1. The zero-order valence-corrected chi connectivity index (χ0v) is 25.7. The first-order valence-corrected chi connectivity index (χ1v) is 16.4. The van der Waals surface area contributed by atoms with Crippen LogP contribution in [0, 0.1) is 11.3 Å². The molecule has 0 spiro atoms. The van der Waals surface area contributed by atoms with E-state index in [1.165, 1.54) is 15.6 Å². The average Bonchev–Trinajstić information content (AvgIpc) is 3.71. The topological polar surface area (TPSA) is 121 Å². The lowest BCUT2D eigenvalue weighted by atomic mass is 10.1. The van der Waals surface area contributed by atoms with Crippen molar-refractivity contribution >= 4 is 43.0 Å². The third-order valence-electron chi connectivity index (χ3n) is 7.28. The Bertz CT molecular complexity index is 2090. The summed E-state index contributed by atoms with van der Waals surface area (Å²) in [5.41, 5.74) is 3.58. The number of aromatic nitrogens is 3. The predicted octanol–water partition coefficient (Wildman–Crippen LogP) is 5.78. The van der Waals surface area contributed by atoms with Gasteiger partial charge in [-0.2, -0.15) is 5.26 Å². The zero-order chi connectivity index (χ0) is 31.2. The molecule has 1 N–H and O–H groups in total. The van der Waals surface area contributed by atoms with E-state index in [1.54, 1.807) is 79.4 Å². The van der Waals surface area contributed by atoms with Gasteiger partial charge in [-0.15, -0.1) is 11.3 Å². The maximum absolute atomic E-state index is 14.1. The van der Waals surface area contributed by atoms with Gasteiger partial charge in [0.25, 0.3) is 15.9 Å².